The summed E-state index contributed by atoms with van der Waals surface area (Å²) < 4.78 is 0. The standard InChI is InChI=1S/C13H13N3OS/c1-9(12-3-2-8-18-12)15-16-13(17)10-4-6-11(14)7-5-10/h2-8,15H,1,14H2,(H,16,17). The van der Waals surface area contributed by atoms with Gasteiger partial charge in [-0.15, -0.1) is 11.3 Å². The van der Waals surface area contributed by atoms with Gasteiger partial charge in [-0.05, 0) is 35.7 Å². The summed E-state index contributed by atoms with van der Waals surface area (Å²) in [4.78, 5) is 12.8. The van der Waals surface area contributed by atoms with Crippen molar-refractivity contribution in [1.82, 2.24) is 10.9 Å². The first-order valence-electron chi connectivity index (χ1n) is 5.31. The summed E-state index contributed by atoms with van der Waals surface area (Å²) in [7, 11) is 0. The minimum absolute atomic E-state index is 0.229. The van der Waals surface area contributed by atoms with Gasteiger partial charge < -0.3 is 5.73 Å². The van der Waals surface area contributed by atoms with Gasteiger partial charge in [0.2, 0.25) is 0 Å². The van der Waals surface area contributed by atoms with Crippen LogP contribution in [0.1, 0.15) is 15.2 Å². The van der Waals surface area contributed by atoms with Gasteiger partial charge in [-0.3, -0.25) is 15.6 Å². The van der Waals surface area contributed by atoms with E-state index in [1.54, 1.807) is 35.6 Å². The van der Waals surface area contributed by atoms with Crippen LogP contribution in [0.15, 0.2) is 48.4 Å². The fraction of sp³-hybridized carbons (Fsp3) is 0. The van der Waals surface area contributed by atoms with Gasteiger partial charge in [0.25, 0.3) is 5.91 Å². The van der Waals surface area contributed by atoms with E-state index in [1.165, 1.54) is 0 Å². The van der Waals surface area contributed by atoms with Gasteiger partial charge >= 0.3 is 0 Å². The molecule has 5 heteroatoms. The maximum atomic E-state index is 11.8. The molecule has 0 fully saturated rings. The second-order valence-corrected chi connectivity index (χ2v) is 4.60. The molecule has 0 atom stereocenters. The quantitative estimate of drug-likeness (QED) is 0.582. The number of nitrogens with one attached hydrogen (secondary N) is 2. The molecule has 0 saturated carbocycles. The van der Waals surface area contributed by atoms with Crippen LogP contribution in [0, 0.1) is 0 Å². The Morgan fingerprint density at radius 2 is 1.89 bits per heavy atom. The van der Waals surface area contributed by atoms with Crippen LogP contribution >= 0.6 is 11.3 Å². The topological polar surface area (TPSA) is 67.1 Å². The molecule has 0 spiro atoms. The molecule has 1 aromatic heterocycles. The van der Waals surface area contributed by atoms with Crippen LogP contribution in [-0.4, -0.2) is 5.91 Å². The van der Waals surface area contributed by atoms with Gasteiger partial charge in [0.05, 0.1) is 10.6 Å². The molecule has 4 N–H and O–H groups in total. The van der Waals surface area contributed by atoms with Gasteiger partial charge in [-0.2, -0.15) is 0 Å². The molecule has 0 bridgehead atoms. The highest BCUT2D eigenvalue weighted by atomic mass is 32.1. The molecule has 2 rings (SSSR count). The molecule has 1 amide bonds. The summed E-state index contributed by atoms with van der Waals surface area (Å²) in [6.45, 7) is 3.84. The number of nitrogen functional groups attached to an aromatic ring is 1. The summed E-state index contributed by atoms with van der Waals surface area (Å²) in [6, 6.07) is 10.6. The lowest BCUT2D eigenvalue weighted by Crippen LogP contribution is -2.35. The summed E-state index contributed by atoms with van der Waals surface area (Å²) in [5, 5.41) is 1.95. The van der Waals surface area contributed by atoms with Crippen molar-refractivity contribution in [2.45, 2.75) is 0 Å². The van der Waals surface area contributed by atoms with Crippen molar-refractivity contribution in [3.63, 3.8) is 0 Å². The molecule has 1 aromatic carbocycles. The van der Waals surface area contributed by atoms with Gasteiger partial charge in [-0.25, -0.2) is 0 Å². The highest BCUT2D eigenvalue weighted by Crippen LogP contribution is 2.15. The number of thiophene rings is 1. The lowest BCUT2D eigenvalue weighted by Gasteiger charge is -2.09. The van der Waals surface area contributed by atoms with Crippen molar-refractivity contribution >= 4 is 28.6 Å². The predicted molar refractivity (Wildman–Crippen MR) is 74.8 cm³/mol. The van der Waals surface area contributed by atoms with Gasteiger partial charge in [0.15, 0.2) is 0 Å². The average molecular weight is 259 g/mol. The van der Waals surface area contributed by atoms with Crippen LogP contribution in [0.2, 0.25) is 0 Å². The van der Waals surface area contributed by atoms with E-state index in [9.17, 15) is 4.79 Å². The Bertz CT molecular complexity index is 546. The Morgan fingerprint density at radius 3 is 2.50 bits per heavy atom. The van der Waals surface area contributed by atoms with Gasteiger partial charge in [-0.1, -0.05) is 12.6 Å². The first-order chi connectivity index (χ1) is 8.66. The van der Waals surface area contributed by atoms with Gasteiger partial charge in [0, 0.05) is 11.3 Å². The zero-order chi connectivity index (χ0) is 13.0. The smallest absolute Gasteiger partial charge is 0.269 e. The van der Waals surface area contributed by atoms with Crippen LogP contribution in [0.4, 0.5) is 5.69 Å². The van der Waals surface area contributed by atoms with E-state index in [2.05, 4.69) is 17.4 Å². The lowest BCUT2D eigenvalue weighted by atomic mass is 10.2. The predicted octanol–water partition coefficient (Wildman–Crippen LogP) is 2.24. The van der Waals surface area contributed by atoms with E-state index in [1.807, 2.05) is 17.5 Å². The number of amides is 1. The number of carbonyl (C=O) groups excluding carboxylic acids is 1. The molecule has 2 aromatic rings. The van der Waals surface area contributed by atoms with Crippen molar-refractivity contribution in [3.8, 4) is 0 Å². The third-order valence-electron chi connectivity index (χ3n) is 2.32. The molecule has 18 heavy (non-hydrogen) atoms. The minimum Gasteiger partial charge on any atom is -0.399 e. The average Bonchev–Trinajstić information content (AvgIpc) is 2.90. The van der Waals surface area contributed by atoms with Crippen LogP contribution in [0.3, 0.4) is 0 Å². The molecule has 0 unspecified atom stereocenters. The van der Waals surface area contributed by atoms with Crippen LogP contribution in [-0.2, 0) is 0 Å². The first kappa shape index (κ1) is 12.2. The fourth-order valence-electron chi connectivity index (χ4n) is 1.35. The Morgan fingerprint density at radius 1 is 1.17 bits per heavy atom. The van der Waals surface area contributed by atoms with Crippen LogP contribution in [0.25, 0.3) is 5.70 Å². The van der Waals surface area contributed by atoms with E-state index in [0.29, 0.717) is 16.9 Å². The second kappa shape index (κ2) is 5.37. The van der Waals surface area contributed by atoms with E-state index >= 15 is 0 Å². The third kappa shape index (κ3) is 2.89. The maximum absolute atomic E-state index is 11.8. The van der Waals surface area contributed by atoms with Crippen molar-refractivity contribution in [3.05, 3.63) is 58.8 Å². The van der Waals surface area contributed by atoms with Crippen molar-refractivity contribution in [2.75, 3.05) is 5.73 Å². The first-order valence-corrected chi connectivity index (χ1v) is 6.19. The molecule has 0 radical (unpaired) electrons. The molecule has 1 heterocycles. The zero-order valence-electron chi connectivity index (χ0n) is 9.64. The summed E-state index contributed by atoms with van der Waals surface area (Å²) in [6.07, 6.45) is 0. The fourth-order valence-corrected chi connectivity index (χ4v) is 2.00. The van der Waals surface area contributed by atoms with E-state index in [4.69, 9.17) is 5.73 Å². The number of benzene rings is 1. The number of anilines is 1. The second-order valence-electron chi connectivity index (χ2n) is 3.66. The number of carbonyl (C=O) groups is 1. The molecule has 0 aliphatic heterocycles. The highest BCUT2D eigenvalue weighted by molar-refractivity contribution is 7.11. The van der Waals surface area contributed by atoms with Crippen molar-refractivity contribution < 1.29 is 4.79 Å². The molecular formula is C13H13N3OS. The summed E-state index contributed by atoms with van der Waals surface area (Å²) in [5.41, 5.74) is 12.7. The van der Waals surface area contributed by atoms with Crippen LogP contribution in [0.5, 0.6) is 0 Å². The largest absolute Gasteiger partial charge is 0.399 e. The van der Waals surface area contributed by atoms with E-state index < -0.39 is 0 Å². The summed E-state index contributed by atoms with van der Waals surface area (Å²) >= 11 is 1.55. The molecule has 4 nitrogen and oxygen atoms in total. The molecule has 92 valence electrons. The number of hydrogen-bond donors (Lipinski definition) is 3. The normalized spacial score (nSPS) is 9.78. The third-order valence-corrected chi connectivity index (χ3v) is 3.25. The van der Waals surface area contributed by atoms with E-state index in [-0.39, 0.29) is 5.91 Å². The Balaban J connectivity index is 1.92. The monoisotopic (exact) mass is 259 g/mol. The molecule has 0 aliphatic rings. The van der Waals surface area contributed by atoms with Crippen molar-refractivity contribution in [2.24, 2.45) is 0 Å². The zero-order valence-corrected chi connectivity index (χ0v) is 10.5. The Hall–Kier alpha value is -2.27. The van der Waals surface area contributed by atoms with Gasteiger partial charge in [0.1, 0.15) is 0 Å². The molecule has 0 aliphatic carbocycles. The van der Waals surface area contributed by atoms with Crippen molar-refractivity contribution in [1.29, 1.82) is 0 Å². The molecular weight excluding hydrogens is 246 g/mol. The number of nitrogens with two attached hydrogens (primary N) is 1. The SMILES string of the molecule is C=C(NNC(=O)c1ccc(N)cc1)c1cccs1. The number of hydrogen-bond acceptors (Lipinski definition) is 4. The Kier molecular flexibility index (Phi) is 3.64. The highest BCUT2D eigenvalue weighted by Gasteiger charge is 2.05. The molecule has 0 saturated heterocycles. The van der Waals surface area contributed by atoms with E-state index in [0.717, 1.165) is 4.88 Å². The van der Waals surface area contributed by atoms with Crippen LogP contribution < -0.4 is 16.6 Å². The summed E-state index contributed by atoms with van der Waals surface area (Å²) in [5.74, 6) is -0.229. The maximum Gasteiger partial charge on any atom is 0.269 e. The lowest BCUT2D eigenvalue weighted by molar-refractivity contribution is 0.0942. The minimum atomic E-state index is -0.229. The number of rotatable bonds is 4. The Labute approximate surface area is 109 Å². The number of hydrazine groups is 1.